The van der Waals surface area contributed by atoms with E-state index in [4.69, 9.17) is 19.4 Å². The van der Waals surface area contributed by atoms with E-state index in [-0.39, 0.29) is 23.7 Å². The van der Waals surface area contributed by atoms with E-state index >= 15 is 0 Å². The van der Waals surface area contributed by atoms with Gasteiger partial charge in [-0.15, -0.1) is 0 Å². The molecular formula is C40H50N8O6. The molecule has 0 saturated heterocycles. The number of alkyl carbamates (subject to hydrolysis) is 2. The molecule has 2 fully saturated rings. The van der Waals surface area contributed by atoms with Crippen molar-refractivity contribution in [2.45, 2.75) is 89.4 Å². The smallest absolute Gasteiger partial charge is 0.407 e. The lowest BCUT2D eigenvalue weighted by molar-refractivity contribution is -0.128. The number of aromatic nitrogens is 4. The van der Waals surface area contributed by atoms with Gasteiger partial charge in [-0.2, -0.15) is 0 Å². The van der Waals surface area contributed by atoms with Gasteiger partial charge in [0.25, 0.3) is 0 Å². The first-order chi connectivity index (χ1) is 25.9. The third-order valence-electron chi connectivity index (χ3n) is 10.7. The lowest BCUT2D eigenvalue weighted by Gasteiger charge is -2.42. The van der Waals surface area contributed by atoms with Crippen LogP contribution in [0.25, 0.3) is 33.6 Å². The van der Waals surface area contributed by atoms with Crippen molar-refractivity contribution in [1.29, 1.82) is 0 Å². The predicted molar refractivity (Wildman–Crippen MR) is 203 cm³/mol. The van der Waals surface area contributed by atoms with Gasteiger partial charge in [0.2, 0.25) is 11.8 Å². The lowest BCUT2D eigenvalue weighted by Crippen LogP contribution is -2.58. The van der Waals surface area contributed by atoms with E-state index in [1.807, 2.05) is 64.4 Å². The number of rotatable bonds is 13. The summed E-state index contributed by atoms with van der Waals surface area (Å²) in [5, 5.41) is 11.6. The number of imidazole rings is 2. The summed E-state index contributed by atoms with van der Waals surface area (Å²) in [7, 11) is 2.55. The number of amides is 4. The third kappa shape index (κ3) is 7.82. The van der Waals surface area contributed by atoms with Crippen LogP contribution < -0.4 is 21.3 Å². The summed E-state index contributed by atoms with van der Waals surface area (Å²) in [6.45, 7) is 7.50. The number of carbonyl (C=O) groups excluding carboxylic acids is 4. The number of hydrogen-bond acceptors (Lipinski definition) is 8. The van der Waals surface area contributed by atoms with Crippen LogP contribution in [0.15, 0.2) is 60.9 Å². The van der Waals surface area contributed by atoms with Crippen molar-refractivity contribution in [2.75, 3.05) is 14.2 Å². The molecular weight excluding hydrogens is 688 g/mol. The summed E-state index contributed by atoms with van der Waals surface area (Å²) in [6.07, 6.45) is 7.32. The van der Waals surface area contributed by atoms with E-state index < -0.39 is 35.3 Å². The van der Waals surface area contributed by atoms with Gasteiger partial charge < -0.3 is 40.7 Å². The molecule has 2 atom stereocenters. The first-order valence-corrected chi connectivity index (χ1v) is 18.5. The number of methoxy groups -OCH3 is 2. The molecule has 2 aliphatic carbocycles. The monoisotopic (exact) mass is 738 g/mol. The van der Waals surface area contributed by atoms with Crippen LogP contribution in [-0.2, 0) is 30.1 Å². The highest BCUT2D eigenvalue weighted by molar-refractivity contribution is 5.87. The number of aromatic amines is 2. The normalized spacial score (nSPS) is 16.7. The first-order valence-electron chi connectivity index (χ1n) is 18.5. The highest BCUT2D eigenvalue weighted by atomic mass is 16.5. The van der Waals surface area contributed by atoms with Crippen LogP contribution in [-0.4, -0.2) is 70.2 Å². The van der Waals surface area contributed by atoms with Crippen LogP contribution in [0.5, 0.6) is 0 Å². The fraction of sp³-hybridized carbons (Fsp3) is 0.450. The van der Waals surface area contributed by atoms with E-state index in [1.54, 1.807) is 0 Å². The number of benzene rings is 2. The summed E-state index contributed by atoms with van der Waals surface area (Å²) in [5.41, 5.74) is 4.26. The molecule has 1 unspecified atom stereocenters. The van der Waals surface area contributed by atoms with Crippen LogP contribution in [0, 0.1) is 11.8 Å². The van der Waals surface area contributed by atoms with Gasteiger partial charge in [0, 0.05) is 23.5 Å². The van der Waals surface area contributed by atoms with E-state index in [9.17, 15) is 19.2 Å². The Kier molecular flexibility index (Phi) is 11.1. The van der Waals surface area contributed by atoms with Crippen molar-refractivity contribution in [1.82, 2.24) is 41.2 Å². The zero-order chi connectivity index (χ0) is 38.6. The number of nitrogens with one attached hydrogen (secondary N) is 6. The Balaban J connectivity index is 1.11. The maximum absolute atomic E-state index is 13.3. The number of nitrogens with zero attached hydrogens (tertiary/aromatic N) is 2. The largest absolute Gasteiger partial charge is 0.453 e. The fourth-order valence-corrected chi connectivity index (χ4v) is 7.07. The summed E-state index contributed by atoms with van der Waals surface area (Å²) < 4.78 is 9.44. The van der Waals surface area contributed by atoms with E-state index in [1.165, 1.54) is 14.2 Å². The Bertz CT molecular complexity index is 1820. The molecule has 0 bridgehead atoms. The third-order valence-corrected chi connectivity index (χ3v) is 10.7. The Morgan fingerprint density at radius 1 is 0.593 bits per heavy atom. The number of H-pyrrole nitrogens is 2. The van der Waals surface area contributed by atoms with Crippen molar-refractivity contribution < 1.29 is 28.7 Å². The highest BCUT2D eigenvalue weighted by Gasteiger charge is 2.45. The van der Waals surface area contributed by atoms with Gasteiger partial charge >= 0.3 is 12.2 Å². The summed E-state index contributed by atoms with van der Waals surface area (Å²) >= 11 is 0. The molecule has 2 aromatic carbocycles. The van der Waals surface area contributed by atoms with Gasteiger partial charge in [0.05, 0.1) is 36.7 Å². The van der Waals surface area contributed by atoms with Gasteiger partial charge in [0.1, 0.15) is 23.7 Å². The summed E-state index contributed by atoms with van der Waals surface area (Å²) in [5.74, 6) is 0.589. The van der Waals surface area contributed by atoms with Gasteiger partial charge in [-0.25, -0.2) is 19.6 Å². The predicted octanol–water partition coefficient (Wildman–Crippen LogP) is 5.89. The number of carbonyl (C=O) groups is 4. The highest BCUT2D eigenvalue weighted by Crippen LogP contribution is 2.42. The molecule has 54 heavy (non-hydrogen) atoms. The average Bonchev–Trinajstić information content (AvgIpc) is 3.84. The molecule has 2 aromatic heterocycles. The van der Waals surface area contributed by atoms with Crippen molar-refractivity contribution >= 4 is 24.0 Å². The van der Waals surface area contributed by atoms with Crippen LogP contribution >= 0.6 is 0 Å². The van der Waals surface area contributed by atoms with E-state index in [0.29, 0.717) is 11.6 Å². The lowest BCUT2D eigenvalue weighted by atomic mass is 9.75. The van der Waals surface area contributed by atoms with Gasteiger partial charge in [-0.1, -0.05) is 76.2 Å². The molecule has 4 aromatic rings. The van der Waals surface area contributed by atoms with E-state index in [2.05, 4.69) is 55.5 Å². The molecule has 6 N–H and O–H groups in total. The van der Waals surface area contributed by atoms with Crippen molar-refractivity contribution in [3.8, 4) is 33.6 Å². The minimum Gasteiger partial charge on any atom is -0.453 e. The fourth-order valence-electron chi connectivity index (χ4n) is 7.07. The van der Waals surface area contributed by atoms with Crippen LogP contribution in [0.4, 0.5) is 9.59 Å². The molecule has 14 nitrogen and oxygen atoms in total. The Hall–Kier alpha value is -5.66. The zero-order valence-electron chi connectivity index (χ0n) is 31.7. The standard InChI is InChI=1S/C40H50N8O6/c1-23(2)31(45-37(51)53-5)33(49)47-39(17-7-18-39)35-41-21-29(43-35)27-13-9-25(10-14-27)26-11-15-28(16-12-26)30-22-42-36(44-30)40(19-8-20-40)48-34(50)32(24(3)4)46-38(52)54-6/h9-16,21-24,31-32H,7-8,17-20H2,1-6H3,(H,41,43)(H,42,44)(H,45,51)(H,46,52)(H,47,49)(H,48,50)/t31-,32?/m0/s1. The number of hydrogen-bond donors (Lipinski definition) is 6. The topological polar surface area (TPSA) is 192 Å². The van der Waals surface area contributed by atoms with Crippen LogP contribution in [0.1, 0.15) is 77.9 Å². The summed E-state index contributed by atoms with van der Waals surface area (Å²) in [6, 6.07) is 14.9. The quantitative estimate of drug-likeness (QED) is 0.0979. The van der Waals surface area contributed by atoms with E-state index in [0.717, 1.165) is 72.2 Å². The molecule has 2 aliphatic rings. The Labute approximate surface area is 315 Å². The van der Waals surface area contributed by atoms with Crippen LogP contribution in [0.2, 0.25) is 0 Å². The van der Waals surface area contributed by atoms with Crippen molar-refractivity contribution in [3.05, 3.63) is 72.6 Å². The molecule has 2 heterocycles. The first kappa shape index (κ1) is 38.1. The Morgan fingerprint density at radius 3 is 1.20 bits per heavy atom. The maximum atomic E-state index is 13.3. The van der Waals surface area contributed by atoms with Gasteiger partial charge in [-0.3, -0.25) is 9.59 Å². The molecule has 0 radical (unpaired) electrons. The average molecular weight is 739 g/mol. The van der Waals surface area contributed by atoms with Crippen molar-refractivity contribution in [2.24, 2.45) is 11.8 Å². The molecule has 0 aliphatic heterocycles. The van der Waals surface area contributed by atoms with Crippen molar-refractivity contribution in [3.63, 3.8) is 0 Å². The second-order valence-electron chi connectivity index (χ2n) is 15.0. The molecule has 286 valence electrons. The SMILES string of the molecule is COC(=O)NC(C(=O)NC1(c2nc(-c3ccc(-c4ccc(-c5c[nH]c(C6(NC(=O)[C@@H](NC(=O)OC)C(C)C)CCC6)n5)cc4)cc3)c[nH]2)CCC1)C(C)C. The molecule has 0 spiro atoms. The minimum absolute atomic E-state index is 0.130. The van der Waals surface area contributed by atoms with Crippen LogP contribution in [0.3, 0.4) is 0 Å². The summed E-state index contributed by atoms with van der Waals surface area (Å²) in [4.78, 5) is 66.7. The zero-order valence-corrected chi connectivity index (χ0v) is 31.7. The second-order valence-corrected chi connectivity index (χ2v) is 15.0. The molecule has 4 amide bonds. The van der Waals surface area contributed by atoms with Gasteiger partial charge in [0.15, 0.2) is 0 Å². The molecule has 6 rings (SSSR count). The Morgan fingerprint density at radius 2 is 0.926 bits per heavy atom. The molecule has 14 heteroatoms. The van der Waals surface area contributed by atoms with Gasteiger partial charge in [-0.05, 0) is 61.5 Å². The molecule has 2 saturated carbocycles. The maximum Gasteiger partial charge on any atom is 0.407 e. The second kappa shape index (κ2) is 15.7. The number of ether oxygens (including phenoxy) is 2. The minimum atomic E-state index is -0.733.